The predicted molar refractivity (Wildman–Crippen MR) is 51.0 cm³/mol. The number of aryl methyl sites for hydroxylation is 1. The maximum Gasteiger partial charge on any atom is 0.354 e. The zero-order valence-electron chi connectivity index (χ0n) is 8.02. The molecule has 0 aliphatic heterocycles. The van der Waals surface area contributed by atoms with E-state index in [1.807, 2.05) is 31.2 Å². The van der Waals surface area contributed by atoms with E-state index in [0.29, 0.717) is 5.89 Å². The zero-order valence-corrected chi connectivity index (χ0v) is 8.02. The minimum absolute atomic E-state index is 0.251. The van der Waals surface area contributed by atoms with Crippen molar-refractivity contribution in [2.45, 2.75) is 6.92 Å². The van der Waals surface area contributed by atoms with E-state index >= 15 is 0 Å². The van der Waals surface area contributed by atoms with Crippen LogP contribution in [0.4, 0.5) is 0 Å². The molecule has 0 spiro atoms. The number of hydrogen-bond donors (Lipinski definition) is 0. The van der Waals surface area contributed by atoms with Gasteiger partial charge in [0.1, 0.15) is 0 Å². The lowest BCUT2D eigenvalue weighted by Gasteiger charge is -1.94. The van der Waals surface area contributed by atoms with E-state index in [1.165, 1.54) is 7.11 Å². The molecule has 0 atom stereocenters. The molecule has 4 nitrogen and oxygen atoms in total. The Morgan fingerprint density at radius 2 is 2.21 bits per heavy atom. The fraction of sp³-hybridized carbons (Fsp3) is 0.200. The molecule has 0 saturated carbocycles. The van der Waals surface area contributed by atoms with Crippen LogP contribution in [-0.4, -0.2) is 17.3 Å². The smallest absolute Gasteiger partial charge is 0.354 e. The molecule has 0 N–H and O–H groups in total. The first-order valence-corrected chi connectivity index (χ1v) is 4.24. The summed E-state index contributed by atoms with van der Waals surface area (Å²) in [6.45, 7) is 2.01. The standard InChI is InChI=1S/C10H10N2O2/c1-7-4-3-5-8(6-7)9-11-10(13-2)12-14-9/h3-6H,1-2H3. The minimum atomic E-state index is 0.251. The number of benzene rings is 1. The van der Waals surface area contributed by atoms with Crippen LogP contribution in [0.1, 0.15) is 5.56 Å². The van der Waals surface area contributed by atoms with Crippen LogP contribution in [0.3, 0.4) is 0 Å². The molecular weight excluding hydrogens is 180 g/mol. The summed E-state index contributed by atoms with van der Waals surface area (Å²) in [6.07, 6.45) is 0. The largest absolute Gasteiger partial charge is 0.465 e. The van der Waals surface area contributed by atoms with Crippen molar-refractivity contribution < 1.29 is 9.26 Å². The summed E-state index contributed by atoms with van der Waals surface area (Å²) in [4.78, 5) is 4.04. The number of hydrogen-bond acceptors (Lipinski definition) is 4. The molecule has 72 valence electrons. The second kappa shape index (κ2) is 3.49. The summed E-state index contributed by atoms with van der Waals surface area (Å²) < 4.78 is 9.84. The Morgan fingerprint density at radius 3 is 2.86 bits per heavy atom. The van der Waals surface area contributed by atoms with Crippen molar-refractivity contribution in [3.05, 3.63) is 29.8 Å². The Kier molecular flexibility index (Phi) is 2.18. The summed E-state index contributed by atoms with van der Waals surface area (Å²) in [7, 11) is 1.50. The van der Waals surface area contributed by atoms with E-state index in [0.717, 1.165) is 11.1 Å². The molecule has 0 unspecified atom stereocenters. The van der Waals surface area contributed by atoms with Gasteiger partial charge < -0.3 is 9.26 Å². The molecule has 0 amide bonds. The van der Waals surface area contributed by atoms with Gasteiger partial charge in [0.05, 0.1) is 7.11 Å². The lowest BCUT2D eigenvalue weighted by molar-refractivity contribution is 0.338. The van der Waals surface area contributed by atoms with Crippen LogP contribution in [0, 0.1) is 6.92 Å². The highest BCUT2D eigenvalue weighted by molar-refractivity contribution is 5.54. The Balaban J connectivity index is 2.39. The number of ether oxygens (including phenoxy) is 1. The van der Waals surface area contributed by atoms with Crippen molar-refractivity contribution in [3.8, 4) is 17.5 Å². The van der Waals surface area contributed by atoms with Crippen LogP contribution >= 0.6 is 0 Å². The molecule has 0 bridgehead atoms. The number of aromatic nitrogens is 2. The minimum Gasteiger partial charge on any atom is -0.465 e. The third-order valence-electron chi connectivity index (χ3n) is 1.85. The second-order valence-electron chi connectivity index (χ2n) is 2.96. The molecule has 4 heteroatoms. The van der Waals surface area contributed by atoms with Gasteiger partial charge in [-0.1, -0.05) is 17.7 Å². The van der Waals surface area contributed by atoms with E-state index in [4.69, 9.17) is 9.26 Å². The third-order valence-corrected chi connectivity index (χ3v) is 1.85. The van der Waals surface area contributed by atoms with Crippen LogP contribution in [0.15, 0.2) is 28.8 Å². The molecule has 0 fully saturated rings. The Bertz CT molecular complexity index is 437. The second-order valence-corrected chi connectivity index (χ2v) is 2.96. The van der Waals surface area contributed by atoms with Gasteiger partial charge in [-0.2, -0.15) is 4.98 Å². The maximum absolute atomic E-state index is 5.01. The van der Waals surface area contributed by atoms with E-state index in [1.54, 1.807) is 0 Å². The average Bonchev–Trinajstić information content (AvgIpc) is 2.66. The number of nitrogens with zero attached hydrogens (tertiary/aromatic N) is 2. The van der Waals surface area contributed by atoms with Gasteiger partial charge in [0, 0.05) is 5.56 Å². The number of methoxy groups -OCH3 is 1. The van der Waals surface area contributed by atoms with Crippen LogP contribution in [0.5, 0.6) is 6.01 Å². The van der Waals surface area contributed by atoms with Gasteiger partial charge in [-0.05, 0) is 24.2 Å². The molecule has 2 rings (SSSR count). The zero-order chi connectivity index (χ0) is 9.97. The summed E-state index contributed by atoms with van der Waals surface area (Å²) in [5, 5.41) is 3.63. The van der Waals surface area contributed by atoms with Crippen LogP contribution in [-0.2, 0) is 0 Å². The van der Waals surface area contributed by atoms with Gasteiger partial charge in [0.15, 0.2) is 0 Å². The highest BCUT2D eigenvalue weighted by atomic mass is 16.5. The Morgan fingerprint density at radius 1 is 1.36 bits per heavy atom. The van der Waals surface area contributed by atoms with Crippen LogP contribution < -0.4 is 4.74 Å². The molecule has 0 saturated heterocycles. The molecule has 1 heterocycles. The fourth-order valence-corrected chi connectivity index (χ4v) is 1.19. The van der Waals surface area contributed by atoms with Gasteiger partial charge in [0.25, 0.3) is 5.89 Å². The third kappa shape index (κ3) is 1.59. The van der Waals surface area contributed by atoms with E-state index in [-0.39, 0.29) is 6.01 Å². The van der Waals surface area contributed by atoms with E-state index < -0.39 is 0 Å². The van der Waals surface area contributed by atoms with Crippen molar-refractivity contribution in [3.63, 3.8) is 0 Å². The molecule has 2 aromatic rings. The molecule has 0 aliphatic carbocycles. The van der Waals surface area contributed by atoms with Crippen LogP contribution in [0.2, 0.25) is 0 Å². The topological polar surface area (TPSA) is 48.2 Å². The maximum atomic E-state index is 5.01. The average molecular weight is 190 g/mol. The predicted octanol–water partition coefficient (Wildman–Crippen LogP) is 2.05. The highest BCUT2D eigenvalue weighted by Crippen LogP contribution is 2.19. The molecule has 0 aliphatic rings. The lowest BCUT2D eigenvalue weighted by atomic mass is 10.1. The summed E-state index contributed by atoms with van der Waals surface area (Å²) in [5.74, 6) is 0.477. The first-order chi connectivity index (χ1) is 6.79. The van der Waals surface area contributed by atoms with Gasteiger partial charge in [-0.25, -0.2) is 0 Å². The van der Waals surface area contributed by atoms with Crippen molar-refractivity contribution in [1.29, 1.82) is 0 Å². The van der Waals surface area contributed by atoms with Gasteiger partial charge in [-0.15, -0.1) is 0 Å². The van der Waals surface area contributed by atoms with Crippen molar-refractivity contribution in [2.24, 2.45) is 0 Å². The molecule has 1 aromatic heterocycles. The van der Waals surface area contributed by atoms with Crippen LogP contribution in [0.25, 0.3) is 11.5 Å². The molecular formula is C10H10N2O2. The first-order valence-electron chi connectivity index (χ1n) is 4.24. The Hall–Kier alpha value is -1.84. The normalized spacial score (nSPS) is 10.1. The molecule has 1 aromatic carbocycles. The number of rotatable bonds is 2. The van der Waals surface area contributed by atoms with E-state index in [9.17, 15) is 0 Å². The molecule has 0 radical (unpaired) electrons. The molecule has 14 heavy (non-hydrogen) atoms. The van der Waals surface area contributed by atoms with E-state index in [2.05, 4.69) is 10.1 Å². The summed E-state index contributed by atoms with van der Waals surface area (Å²) in [5.41, 5.74) is 2.06. The quantitative estimate of drug-likeness (QED) is 0.727. The monoisotopic (exact) mass is 190 g/mol. The van der Waals surface area contributed by atoms with Gasteiger partial charge >= 0.3 is 6.01 Å². The van der Waals surface area contributed by atoms with Crippen molar-refractivity contribution >= 4 is 0 Å². The summed E-state index contributed by atoms with van der Waals surface area (Å²) >= 11 is 0. The fourth-order valence-electron chi connectivity index (χ4n) is 1.19. The lowest BCUT2D eigenvalue weighted by Crippen LogP contribution is -1.84. The highest BCUT2D eigenvalue weighted by Gasteiger charge is 2.07. The van der Waals surface area contributed by atoms with Crippen molar-refractivity contribution in [1.82, 2.24) is 10.1 Å². The summed E-state index contributed by atoms with van der Waals surface area (Å²) in [6, 6.07) is 8.10. The van der Waals surface area contributed by atoms with Crippen molar-refractivity contribution in [2.75, 3.05) is 7.11 Å². The first kappa shape index (κ1) is 8.74. The SMILES string of the molecule is COc1noc(-c2cccc(C)c2)n1. The van der Waals surface area contributed by atoms with Gasteiger partial charge in [-0.3, -0.25) is 0 Å². The van der Waals surface area contributed by atoms with Gasteiger partial charge in [0.2, 0.25) is 0 Å². The Labute approximate surface area is 81.5 Å².